The van der Waals surface area contributed by atoms with Crippen molar-refractivity contribution in [2.24, 2.45) is 27.9 Å². The lowest BCUT2D eigenvalue weighted by Gasteiger charge is -2.24. The number of carbonyl (C=O) groups is 4. The Morgan fingerprint density at radius 2 is 1.39 bits per heavy atom. The van der Waals surface area contributed by atoms with Gasteiger partial charge in [-0.1, -0.05) is 0 Å². The van der Waals surface area contributed by atoms with E-state index in [0.29, 0.717) is 25.8 Å². The third-order valence-corrected chi connectivity index (χ3v) is 4.16. The van der Waals surface area contributed by atoms with Gasteiger partial charge in [0.25, 0.3) is 0 Å². The van der Waals surface area contributed by atoms with Crippen LogP contribution < -0.4 is 38.9 Å². The number of nitrogens with two attached hydrogens (primary N) is 4. The highest BCUT2D eigenvalue weighted by Gasteiger charge is 2.28. The smallest absolute Gasteiger partial charge is 0.328 e. The first-order valence-corrected chi connectivity index (χ1v) is 9.85. The molecule has 0 bridgehead atoms. The van der Waals surface area contributed by atoms with E-state index < -0.39 is 48.4 Å². The fourth-order valence-corrected chi connectivity index (χ4v) is 2.52. The van der Waals surface area contributed by atoms with Crippen LogP contribution in [0.1, 0.15) is 32.1 Å². The number of carboxylic acids is 1. The van der Waals surface area contributed by atoms with Crippen molar-refractivity contribution >= 4 is 29.7 Å². The van der Waals surface area contributed by atoms with Gasteiger partial charge in [0, 0.05) is 6.54 Å². The number of aliphatic carboxylic acids is 1. The third kappa shape index (κ3) is 12.3. The van der Waals surface area contributed by atoms with Crippen molar-refractivity contribution < 1.29 is 29.4 Å². The van der Waals surface area contributed by atoms with Crippen molar-refractivity contribution in [2.45, 2.75) is 50.2 Å². The second kappa shape index (κ2) is 15.8. The number of amides is 3. The lowest BCUT2D eigenvalue weighted by atomic mass is 10.1. The molecule has 0 aliphatic rings. The second-order valence-electron chi connectivity index (χ2n) is 6.70. The molecule has 0 aliphatic heterocycles. The number of guanidine groups is 1. The summed E-state index contributed by atoms with van der Waals surface area (Å²) in [6, 6.07) is -3.65. The first-order chi connectivity index (χ1) is 14.7. The number of nitrogens with zero attached hydrogens (tertiary/aromatic N) is 1. The minimum atomic E-state index is -1.54. The van der Waals surface area contributed by atoms with Gasteiger partial charge in [0.05, 0.1) is 13.2 Å². The maximum atomic E-state index is 12.7. The molecule has 0 radical (unpaired) electrons. The number of rotatable bonds is 16. The van der Waals surface area contributed by atoms with Gasteiger partial charge in [0.1, 0.15) is 18.1 Å². The summed E-state index contributed by atoms with van der Waals surface area (Å²) in [5.74, 6) is -3.58. The highest BCUT2D eigenvalue weighted by molar-refractivity contribution is 5.93. The van der Waals surface area contributed by atoms with Gasteiger partial charge in [-0.3, -0.25) is 19.4 Å². The van der Waals surface area contributed by atoms with E-state index >= 15 is 0 Å². The molecule has 0 aliphatic carbocycles. The van der Waals surface area contributed by atoms with Crippen LogP contribution in [0.25, 0.3) is 0 Å². The van der Waals surface area contributed by atoms with E-state index in [1.165, 1.54) is 0 Å². The van der Waals surface area contributed by atoms with E-state index in [0.717, 1.165) is 0 Å². The zero-order valence-electron chi connectivity index (χ0n) is 17.4. The van der Waals surface area contributed by atoms with Crippen LogP contribution in [-0.4, -0.2) is 84.2 Å². The van der Waals surface area contributed by atoms with Crippen molar-refractivity contribution in [2.75, 3.05) is 26.2 Å². The summed E-state index contributed by atoms with van der Waals surface area (Å²) in [4.78, 5) is 51.8. The fraction of sp³-hybridized carbons (Fsp3) is 0.706. The maximum Gasteiger partial charge on any atom is 0.328 e. The summed E-state index contributed by atoms with van der Waals surface area (Å²) < 4.78 is 0. The maximum absolute atomic E-state index is 12.7. The summed E-state index contributed by atoms with van der Waals surface area (Å²) >= 11 is 0. The quantitative estimate of drug-likeness (QED) is 0.0624. The highest BCUT2D eigenvalue weighted by atomic mass is 16.4. The number of aliphatic hydroxyl groups is 1. The molecular formula is C17H34N8O6. The Morgan fingerprint density at radius 1 is 0.839 bits per heavy atom. The first kappa shape index (κ1) is 28.0. The Kier molecular flexibility index (Phi) is 14.3. The van der Waals surface area contributed by atoms with Crippen LogP contribution in [0.15, 0.2) is 4.99 Å². The van der Waals surface area contributed by atoms with Gasteiger partial charge in [0.2, 0.25) is 17.7 Å². The Hall–Kier alpha value is -2.97. The van der Waals surface area contributed by atoms with Crippen LogP contribution in [0, 0.1) is 0 Å². The predicted octanol–water partition coefficient (Wildman–Crippen LogP) is -4.34. The average molecular weight is 447 g/mol. The van der Waals surface area contributed by atoms with Crippen molar-refractivity contribution in [1.82, 2.24) is 16.0 Å². The predicted molar refractivity (Wildman–Crippen MR) is 112 cm³/mol. The molecule has 3 unspecified atom stereocenters. The molecular weight excluding hydrogens is 412 g/mol. The second-order valence-corrected chi connectivity index (χ2v) is 6.70. The van der Waals surface area contributed by atoms with Crippen LogP contribution in [0.5, 0.6) is 0 Å². The summed E-state index contributed by atoms with van der Waals surface area (Å²) in [6.07, 6.45) is 1.81. The molecule has 0 aromatic carbocycles. The molecule has 3 amide bonds. The third-order valence-electron chi connectivity index (χ3n) is 4.16. The number of carboxylic acid groups (broad SMARTS) is 1. The largest absolute Gasteiger partial charge is 0.480 e. The van der Waals surface area contributed by atoms with Gasteiger partial charge in [-0.15, -0.1) is 0 Å². The van der Waals surface area contributed by atoms with E-state index in [4.69, 9.17) is 33.1 Å². The zero-order chi connectivity index (χ0) is 23.8. The monoisotopic (exact) mass is 446 g/mol. The standard InChI is InChI=1S/C17H34N8O6/c18-6-2-1-4-10(23-13(27)8-19)14(28)24-11(5-3-7-22-17(20)21)15(29)25-12(9-26)16(30)31/h10-12,26H,1-9,18-19H2,(H,23,27)(H,24,28)(H,25,29)(H,30,31)(H4,20,21,22). The molecule has 14 nitrogen and oxygen atoms in total. The van der Waals surface area contributed by atoms with Crippen LogP contribution >= 0.6 is 0 Å². The van der Waals surface area contributed by atoms with Gasteiger partial charge >= 0.3 is 5.97 Å². The lowest BCUT2D eigenvalue weighted by Crippen LogP contribution is -2.56. The van der Waals surface area contributed by atoms with Crippen molar-refractivity contribution in [3.05, 3.63) is 0 Å². The van der Waals surface area contributed by atoms with E-state index in [2.05, 4.69) is 20.9 Å². The fourth-order valence-electron chi connectivity index (χ4n) is 2.52. The highest BCUT2D eigenvalue weighted by Crippen LogP contribution is 2.05. The molecule has 14 heteroatoms. The number of hydrogen-bond acceptors (Lipinski definition) is 8. The molecule has 0 aromatic heterocycles. The molecule has 31 heavy (non-hydrogen) atoms. The summed E-state index contributed by atoms with van der Waals surface area (Å²) in [7, 11) is 0. The van der Waals surface area contributed by atoms with E-state index in [1.54, 1.807) is 0 Å². The Labute approximate surface area is 180 Å². The molecule has 0 saturated heterocycles. The van der Waals surface area contributed by atoms with E-state index in [9.17, 15) is 19.2 Å². The number of aliphatic imine (C=N–C) groups is 1. The van der Waals surface area contributed by atoms with Gasteiger partial charge in [0.15, 0.2) is 5.96 Å². The van der Waals surface area contributed by atoms with Gasteiger partial charge in [-0.05, 0) is 38.6 Å². The van der Waals surface area contributed by atoms with Gasteiger partial charge in [-0.25, -0.2) is 4.79 Å². The minimum Gasteiger partial charge on any atom is -0.480 e. The molecule has 0 aromatic rings. The molecule has 0 fully saturated rings. The lowest BCUT2D eigenvalue weighted by molar-refractivity contribution is -0.143. The van der Waals surface area contributed by atoms with Crippen LogP contribution in [0.2, 0.25) is 0 Å². The van der Waals surface area contributed by atoms with E-state index in [1.807, 2.05) is 0 Å². The van der Waals surface area contributed by atoms with Gasteiger partial charge < -0.3 is 49.1 Å². The summed E-state index contributed by atoms with van der Waals surface area (Å²) in [5.41, 5.74) is 21.2. The average Bonchev–Trinajstić information content (AvgIpc) is 2.72. The minimum absolute atomic E-state index is 0.0759. The van der Waals surface area contributed by atoms with Crippen molar-refractivity contribution in [1.29, 1.82) is 0 Å². The molecule has 3 atom stereocenters. The molecule has 0 saturated carbocycles. The number of unbranched alkanes of at least 4 members (excludes halogenated alkanes) is 1. The molecule has 0 rings (SSSR count). The molecule has 178 valence electrons. The van der Waals surface area contributed by atoms with E-state index in [-0.39, 0.29) is 31.9 Å². The Bertz CT molecular complexity index is 626. The summed E-state index contributed by atoms with van der Waals surface area (Å²) in [5, 5.41) is 25.3. The van der Waals surface area contributed by atoms with Crippen molar-refractivity contribution in [3.63, 3.8) is 0 Å². The van der Waals surface area contributed by atoms with Crippen LogP contribution in [0.3, 0.4) is 0 Å². The molecule has 0 heterocycles. The summed E-state index contributed by atoms with van der Waals surface area (Å²) in [6.45, 7) is -0.565. The first-order valence-electron chi connectivity index (χ1n) is 9.85. The Balaban J connectivity index is 5.32. The Morgan fingerprint density at radius 3 is 1.87 bits per heavy atom. The number of hydrogen-bond donors (Lipinski definition) is 9. The number of carbonyl (C=O) groups excluding carboxylic acids is 3. The number of nitrogens with one attached hydrogen (secondary N) is 3. The molecule has 0 spiro atoms. The van der Waals surface area contributed by atoms with Gasteiger partial charge in [-0.2, -0.15) is 0 Å². The van der Waals surface area contributed by atoms with Crippen LogP contribution in [0.4, 0.5) is 0 Å². The zero-order valence-corrected chi connectivity index (χ0v) is 17.4. The number of aliphatic hydroxyl groups excluding tert-OH is 1. The molecule has 13 N–H and O–H groups in total. The SMILES string of the molecule is NCCCCC(NC(=O)CN)C(=O)NC(CCCN=C(N)N)C(=O)NC(CO)C(=O)O. The van der Waals surface area contributed by atoms with Crippen molar-refractivity contribution in [3.8, 4) is 0 Å². The normalized spacial score (nSPS) is 13.4. The van der Waals surface area contributed by atoms with Crippen LogP contribution in [-0.2, 0) is 19.2 Å². The topological polar surface area (TPSA) is 261 Å².